The Balaban J connectivity index is 2.32. The fourth-order valence-electron chi connectivity index (χ4n) is 2.70. The zero-order valence-electron chi connectivity index (χ0n) is 10.1. The molecule has 18 heavy (non-hydrogen) atoms. The summed E-state index contributed by atoms with van der Waals surface area (Å²) < 4.78 is 2.21. The van der Waals surface area contributed by atoms with E-state index in [-0.39, 0.29) is 0 Å². The van der Waals surface area contributed by atoms with Crippen LogP contribution in [0.4, 0.5) is 0 Å². The molecule has 0 amide bonds. The SMILES string of the molecule is Cn1c2cc3ccccc3cc2c2ncccc21. The van der Waals surface area contributed by atoms with Crippen molar-refractivity contribution in [3.8, 4) is 0 Å². The molecule has 0 radical (unpaired) electrons. The number of rotatable bonds is 0. The zero-order valence-corrected chi connectivity index (χ0v) is 10.1. The molecule has 0 saturated heterocycles. The number of pyridine rings is 1. The van der Waals surface area contributed by atoms with Crippen molar-refractivity contribution in [2.75, 3.05) is 0 Å². The minimum atomic E-state index is 1.08. The van der Waals surface area contributed by atoms with Gasteiger partial charge in [0.25, 0.3) is 0 Å². The lowest BCUT2D eigenvalue weighted by Gasteiger charge is -2.00. The molecule has 0 bridgehead atoms. The van der Waals surface area contributed by atoms with Gasteiger partial charge in [-0.2, -0.15) is 0 Å². The Hall–Kier alpha value is -2.35. The van der Waals surface area contributed by atoms with Gasteiger partial charge in [-0.25, -0.2) is 0 Å². The first-order valence-corrected chi connectivity index (χ1v) is 6.06. The van der Waals surface area contributed by atoms with Gasteiger partial charge < -0.3 is 4.57 Å². The molecule has 0 unspecified atom stereocenters. The first-order valence-electron chi connectivity index (χ1n) is 6.06. The third-order valence-corrected chi connectivity index (χ3v) is 3.63. The van der Waals surface area contributed by atoms with Gasteiger partial charge >= 0.3 is 0 Å². The molecule has 4 aromatic rings. The van der Waals surface area contributed by atoms with Crippen LogP contribution in [0.1, 0.15) is 0 Å². The summed E-state index contributed by atoms with van der Waals surface area (Å²) in [5.74, 6) is 0. The van der Waals surface area contributed by atoms with Gasteiger partial charge in [-0.05, 0) is 35.0 Å². The lowest BCUT2D eigenvalue weighted by molar-refractivity contribution is 1.01. The van der Waals surface area contributed by atoms with E-state index in [9.17, 15) is 0 Å². The number of hydrogen-bond donors (Lipinski definition) is 0. The minimum absolute atomic E-state index is 1.08. The predicted octanol–water partition coefficient (Wildman–Crippen LogP) is 3.88. The molecule has 0 N–H and O–H groups in total. The number of nitrogens with zero attached hydrogens (tertiary/aromatic N) is 2. The largest absolute Gasteiger partial charge is 0.342 e. The van der Waals surface area contributed by atoms with Crippen molar-refractivity contribution in [2.24, 2.45) is 7.05 Å². The maximum atomic E-state index is 4.52. The van der Waals surface area contributed by atoms with E-state index in [1.54, 1.807) is 0 Å². The summed E-state index contributed by atoms with van der Waals surface area (Å²) in [4.78, 5) is 4.52. The average Bonchev–Trinajstić information content (AvgIpc) is 2.71. The molecule has 0 aliphatic carbocycles. The highest BCUT2D eigenvalue weighted by Crippen LogP contribution is 2.29. The Morgan fingerprint density at radius 1 is 0.889 bits per heavy atom. The molecule has 0 saturated carbocycles. The molecule has 2 heteroatoms. The summed E-state index contributed by atoms with van der Waals surface area (Å²) in [5, 5.41) is 3.77. The van der Waals surface area contributed by atoms with Crippen LogP contribution >= 0.6 is 0 Å². The highest BCUT2D eigenvalue weighted by molar-refractivity contribution is 6.10. The molecule has 2 nitrogen and oxygen atoms in total. The number of benzene rings is 2. The Bertz CT molecular complexity index is 887. The van der Waals surface area contributed by atoms with Gasteiger partial charge in [-0.3, -0.25) is 4.98 Å². The third-order valence-electron chi connectivity index (χ3n) is 3.63. The molecule has 2 aromatic carbocycles. The first kappa shape index (κ1) is 9.66. The highest BCUT2D eigenvalue weighted by Gasteiger charge is 2.09. The maximum absolute atomic E-state index is 4.52. The van der Waals surface area contributed by atoms with Gasteiger partial charge in [0.05, 0.1) is 16.6 Å². The van der Waals surface area contributed by atoms with Crippen molar-refractivity contribution in [1.82, 2.24) is 9.55 Å². The number of fused-ring (bicyclic) bond motifs is 4. The van der Waals surface area contributed by atoms with E-state index in [1.165, 1.54) is 27.2 Å². The van der Waals surface area contributed by atoms with Crippen LogP contribution in [-0.2, 0) is 7.05 Å². The van der Waals surface area contributed by atoms with Gasteiger partial charge in [0.1, 0.15) is 0 Å². The fourth-order valence-corrected chi connectivity index (χ4v) is 2.70. The molecule has 2 heterocycles. The average molecular weight is 232 g/mol. The minimum Gasteiger partial charge on any atom is -0.342 e. The summed E-state index contributed by atoms with van der Waals surface area (Å²) in [7, 11) is 2.10. The molecule has 2 aromatic heterocycles. The maximum Gasteiger partial charge on any atom is 0.0959 e. The van der Waals surface area contributed by atoms with Crippen molar-refractivity contribution in [3.63, 3.8) is 0 Å². The summed E-state index contributed by atoms with van der Waals surface area (Å²) in [6.45, 7) is 0. The molecular weight excluding hydrogens is 220 g/mol. The molecule has 86 valence electrons. The third kappa shape index (κ3) is 1.15. The van der Waals surface area contributed by atoms with Crippen LogP contribution in [-0.4, -0.2) is 9.55 Å². The second-order valence-corrected chi connectivity index (χ2v) is 4.65. The van der Waals surface area contributed by atoms with E-state index in [1.807, 2.05) is 12.3 Å². The van der Waals surface area contributed by atoms with E-state index in [0.717, 1.165) is 5.52 Å². The Morgan fingerprint density at radius 3 is 2.50 bits per heavy atom. The number of aryl methyl sites for hydroxylation is 1. The molecule has 0 aliphatic heterocycles. The zero-order chi connectivity index (χ0) is 12.1. The predicted molar refractivity (Wildman–Crippen MR) is 75.7 cm³/mol. The highest BCUT2D eigenvalue weighted by atomic mass is 15.0. The standard InChI is InChI=1S/C16H12N2/c1-18-14-7-4-8-17-16(14)13-9-11-5-2-3-6-12(11)10-15(13)18/h2-10H,1H3. The van der Waals surface area contributed by atoms with E-state index >= 15 is 0 Å². The van der Waals surface area contributed by atoms with E-state index in [2.05, 4.69) is 59.1 Å². The van der Waals surface area contributed by atoms with E-state index < -0.39 is 0 Å². The lowest BCUT2D eigenvalue weighted by atomic mass is 10.1. The van der Waals surface area contributed by atoms with E-state index in [0.29, 0.717) is 0 Å². The number of aromatic nitrogens is 2. The molecule has 0 atom stereocenters. The normalized spacial score (nSPS) is 11.6. The van der Waals surface area contributed by atoms with Gasteiger partial charge in [-0.15, -0.1) is 0 Å². The second kappa shape index (κ2) is 3.33. The Morgan fingerprint density at radius 2 is 1.67 bits per heavy atom. The van der Waals surface area contributed by atoms with Crippen molar-refractivity contribution in [3.05, 3.63) is 54.7 Å². The Kier molecular flexibility index (Phi) is 1.78. The van der Waals surface area contributed by atoms with E-state index in [4.69, 9.17) is 0 Å². The van der Waals surface area contributed by atoms with Crippen molar-refractivity contribution < 1.29 is 0 Å². The van der Waals surface area contributed by atoms with Crippen LogP contribution in [0.2, 0.25) is 0 Å². The van der Waals surface area contributed by atoms with Crippen LogP contribution in [0.25, 0.3) is 32.7 Å². The van der Waals surface area contributed by atoms with Crippen LogP contribution in [0.15, 0.2) is 54.7 Å². The quantitative estimate of drug-likeness (QED) is 0.450. The van der Waals surface area contributed by atoms with Gasteiger partial charge in [0, 0.05) is 18.6 Å². The second-order valence-electron chi connectivity index (χ2n) is 4.65. The lowest BCUT2D eigenvalue weighted by Crippen LogP contribution is -1.86. The van der Waals surface area contributed by atoms with Crippen molar-refractivity contribution >= 4 is 32.7 Å². The summed E-state index contributed by atoms with van der Waals surface area (Å²) >= 11 is 0. The van der Waals surface area contributed by atoms with Crippen LogP contribution < -0.4 is 0 Å². The topological polar surface area (TPSA) is 17.8 Å². The molecule has 0 fully saturated rings. The van der Waals surface area contributed by atoms with Crippen LogP contribution in [0.3, 0.4) is 0 Å². The summed E-state index contributed by atoms with van der Waals surface area (Å²) in [6, 6.07) is 17.0. The smallest absolute Gasteiger partial charge is 0.0959 e. The fraction of sp³-hybridized carbons (Fsp3) is 0.0625. The molecule has 0 spiro atoms. The molecule has 0 aliphatic rings. The van der Waals surface area contributed by atoms with Crippen molar-refractivity contribution in [1.29, 1.82) is 0 Å². The molecular formula is C16H12N2. The Labute approximate surface area is 104 Å². The molecule has 4 rings (SSSR count). The van der Waals surface area contributed by atoms with Crippen LogP contribution in [0.5, 0.6) is 0 Å². The van der Waals surface area contributed by atoms with Gasteiger partial charge in [-0.1, -0.05) is 24.3 Å². The van der Waals surface area contributed by atoms with Crippen LogP contribution in [0, 0.1) is 0 Å². The van der Waals surface area contributed by atoms with Gasteiger partial charge in [0.2, 0.25) is 0 Å². The summed E-state index contributed by atoms with van der Waals surface area (Å²) in [5.41, 5.74) is 3.51. The van der Waals surface area contributed by atoms with Crippen molar-refractivity contribution in [2.45, 2.75) is 0 Å². The monoisotopic (exact) mass is 232 g/mol. The number of hydrogen-bond acceptors (Lipinski definition) is 1. The first-order chi connectivity index (χ1) is 8.84. The summed E-state index contributed by atoms with van der Waals surface area (Å²) in [6.07, 6.45) is 1.86. The van der Waals surface area contributed by atoms with Gasteiger partial charge in [0.15, 0.2) is 0 Å².